The summed E-state index contributed by atoms with van der Waals surface area (Å²) in [4.78, 5) is 58.4. The Morgan fingerprint density at radius 3 is 2.41 bits per heavy atom. The molecular formula is C42H48ClF3N8O4. The Balaban J connectivity index is 0.849. The molecule has 2 aromatic carbocycles. The van der Waals surface area contributed by atoms with Crippen molar-refractivity contribution < 1.29 is 32.3 Å². The predicted octanol–water partition coefficient (Wildman–Crippen LogP) is 7.20. The van der Waals surface area contributed by atoms with Crippen LogP contribution in [0, 0.1) is 11.3 Å². The van der Waals surface area contributed by atoms with E-state index in [2.05, 4.69) is 20.5 Å². The number of aromatic nitrogens is 3. The van der Waals surface area contributed by atoms with E-state index < -0.39 is 17.8 Å². The van der Waals surface area contributed by atoms with Gasteiger partial charge in [0.15, 0.2) is 0 Å². The number of likely N-dealkylation sites (tertiary alicyclic amines) is 2. The highest BCUT2D eigenvalue weighted by Gasteiger charge is 2.40. The summed E-state index contributed by atoms with van der Waals surface area (Å²) in [6.07, 6.45) is 6.53. The lowest BCUT2D eigenvalue weighted by Gasteiger charge is -2.47. The molecule has 2 aromatic heterocycles. The Hall–Kier alpha value is -5.02. The number of pyridine rings is 1. The number of nitrogens with one attached hydrogen (secondary N) is 2. The first kappa shape index (κ1) is 41.2. The SMILES string of the molecule is CN(CCC(=O)NC=O)c1cc(C(=O)N2CCC3(CCC(CN4CCC(n5cc6cc(NC(=O)c7cccc(C(F)(F)F)n7)ccc6n5)CC4)CC3)CC2)ccc1Cl. The van der Waals surface area contributed by atoms with Gasteiger partial charge >= 0.3 is 6.18 Å². The second-order valence-electron chi connectivity index (χ2n) is 16.0. The molecule has 7 rings (SSSR count). The first-order chi connectivity index (χ1) is 27.8. The maximum atomic E-state index is 13.6. The second kappa shape index (κ2) is 17.5. The van der Waals surface area contributed by atoms with Gasteiger partial charge in [-0.15, -0.1) is 0 Å². The Morgan fingerprint density at radius 1 is 0.966 bits per heavy atom. The summed E-state index contributed by atoms with van der Waals surface area (Å²) in [7, 11) is 1.80. The van der Waals surface area contributed by atoms with E-state index in [9.17, 15) is 32.3 Å². The third-order valence-electron chi connectivity index (χ3n) is 12.3. The molecule has 308 valence electrons. The van der Waals surface area contributed by atoms with E-state index in [0.717, 1.165) is 75.4 Å². The summed E-state index contributed by atoms with van der Waals surface area (Å²) >= 11 is 6.45. The smallest absolute Gasteiger partial charge is 0.373 e. The van der Waals surface area contributed by atoms with Crippen molar-refractivity contribution >= 4 is 58.0 Å². The zero-order chi connectivity index (χ0) is 41.0. The lowest BCUT2D eigenvalue weighted by atomic mass is 9.65. The molecule has 1 aliphatic carbocycles. The van der Waals surface area contributed by atoms with Gasteiger partial charge < -0.3 is 20.0 Å². The lowest BCUT2D eigenvalue weighted by molar-refractivity contribution is -0.141. The minimum absolute atomic E-state index is 0.0105. The number of imide groups is 1. The van der Waals surface area contributed by atoms with Crippen LogP contribution in [0.1, 0.15) is 90.4 Å². The van der Waals surface area contributed by atoms with E-state index in [0.29, 0.717) is 40.8 Å². The molecule has 2 saturated heterocycles. The highest BCUT2D eigenvalue weighted by Crippen LogP contribution is 2.47. The van der Waals surface area contributed by atoms with Gasteiger partial charge in [0, 0.05) is 75.6 Å². The first-order valence-electron chi connectivity index (χ1n) is 19.9. The summed E-state index contributed by atoms with van der Waals surface area (Å²) < 4.78 is 41.3. The number of rotatable bonds is 11. The van der Waals surface area contributed by atoms with Crippen LogP contribution in [0.15, 0.2) is 60.8 Å². The number of benzene rings is 2. The predicted molar refractivity (Wildman–Crippen MR) is 215 cm³/mol. The molecule has 0 unspecified atom stereocenters. The summed E-state index contributed by atoms with van der Waals surface area (Å²) in [5.41, 5.74) is 1.33. The minimum Gasteiger partial charge on any atom is -0.373 e. The van der Waals surface area contributed by atoms with Crippen LogP contribution in [0.4, 0.5) is 24.5 Å². The van der Waals surface area contributed by atoms with Crippen molar-refractivity contribution in [3.63, 3.8) is 0 Å². The van der Waals surface area contributed by atoms with Crippen molar-refractivity contribution in [1.29, 1.82) is 0 Å². The number of fused-ring (bicyclic) bond motifs is 1. The quantitative estimate of drug-likeness (QED) is 0.152. The third-order valence-corrected chi connectivity index (χ3v) is 12.6. The molecule has 2 aliphatic heterocycles. The van der Waals surface area contributed by atoms with E-state index >= 15 is 0 Å². The van der Waals surface area contributed by atoms with Gasteiger partial charge in [-0.05, 0) is 111 Å². The number of halogens is 4. The largest absolute Gasteiger partial charge is 0.433 e. The van der Waals surface area contributed by atoms with Gasteiger partial charge in [-0.2, -0.15) is 18.3 Å². The van der Waals surface area contributed by atoms with E-state index in [1.54, 1.807) is 43.4 Å². The summed E-state index contributed by atoms with van der Waals surface area (Å²) in [6, 6.07) is 14.0. The molecule has 16 heteroatoms. The van der Waals surface area contributed by atoms with Crippen LogP contribution in [-0.4, -0.2) is 95.0 Å². The number of piperidine rings is 2. The van der Waals surface area contributed by atoms with Crippen molar-refractivity contribution in [2.24, 2.45) is 11.3 Å². The molecule has 4 amide bonds. The van der Waals surface area contributed by atoms with Crippen molar-refractivity contribution in [3.8, 4) is 0 Å². The molecular weight excluding hydrogens is 773 g/mol. The molecule has 2 N–H and O–H groups in total. The van der Waals surface area contributed by atoms with Gasteiger partial charge in [0.05, 0.1) is 22.3 Å². The summed E-state index contributed by atoms with van der Waals surface area (Å²) in [5.74, 6) is -0.451. The zero-order valence-electron chi connectivity index (χ0n) is 32.4. The highest BCUT2D eigenvalue weighted by atomic mass is 35.5. The van der Waals surface area contributed by atoms with Crippen LogP contribution in [0.25, 0.3) is 10.9 Å². The van der Waals surface area contributed by atoms with Crippen LogP contribution in [0.3, 0.4) is 0 Å². The Morgan fingerprint density at radius 2 is 1.71 bits per heavy atom. The van der Waals surface area contributed by atoms with Crippen LogP contribution in [0.5, 0.6) is 0 Å². The highest BCUT2D eigenvalue weighted by molar-refractivity contribution is 6.33. The van der Waals surface area contributed by atoms with Gasteiger partial charge in [-0.1, -0.05) is 17.7 Å². The molecule has 3 aliphatic rings. The maximum absolute atomic E-state index is 13.6. The Bertz CT molecular complexity index is 2140. The molecule has 12 nitrogen and oxygen atoms in total. The number of carbonyl (C=O) groups is 4. The van der Waals surface area contributed by atoms with E-state index in [1.165, 1.54) is 37.8 Å². The fourth-order valence-electron chi connectivity index (χ4n) is 8.76. The summed E-state index contributed by atoms with van der Waals surface area (Å²) in [6.45, 7) is 4.87. The normalized spacial score (nSPS) is 18.0. The van der Waals surface area contributed by atoms with Crippen LogP contribution < -0.4 is 15.5 Å². The minimum atomic E-state index is -4.64. The topological polar surface area (TPSA) is 133 Å². The summed E-state index contributed by atoms with van der Waals surface area (Å²) in [5, 5.41) is 10.9. The first-order valence-corrected chi connectivity index (χ1v) is 20.3. The number of alkyl halides is 3. The van der Waals surface area contributed by atoms with Crippen molar-refractivity contribution in [2.75, 3.05) is 56.5 Å². The molecule has 0 bridgehead atoms. The zero-order valence-corrected chi connectivity index (χ0v) is 33.2. The Kier molecular flexibility index (Phi) is 12.4. The molecule has 0 radical (unpaired) electrons. The van der Waals surface area contributed by atoms with Crippen LogP contribution >= 0.6 is 11.6 Å². The molecule has 1 spiro atoms. The third kappa shape index (κ3) is 9.63. The molecule has 4 heterocycles. The van der Waals surface area contributed by atoms with E-state index in [4.69, 9.17) is 16.7 Å². The fourth-order valence-corrected chi connectivity index (χ4v) is 9.02. The average Bonchev–Trinajstić information content (AvgIpc) is 3.65. The fraction of sp³-hybridized carbons (Fsp3) is 0.476. The average molecular weight is 821 g/mol. The van der Waals surface area contributed by atoms with Crippen molar-refractivity contribution in [1.82, 2.24) is 29.9 Å². The van der Waals surface area contributed by atoms with Gasteiger partial charge in [-0.25, -0.2) is 4.98 Å². The molecule has 4 aromatic rings. The van der Waals surface area contributed by atoms with Crippen LogP contribution in [0.2, 0.25) is 5.02 Å². The number of nitrogens with zero attached hydrogens (tertiary/aromatic N) is 6. The second-order valence-corrected chi connectivity index (χ2v) is 16.4. The monoisotopic (exact) mass is 820 g/mol. The number of anilines is 2. The van der Waals surface area contributed by atoms with Gasteiger partial charge in [0.2, 0.25) is 12.3 Å². The van der Waals surface area contributed by atoms with Crippen molar-refractivity contribution in [3.05, 3.63) is 82.8 Å². The molecule has 0 atom stereocenters. The molecule has 58 heavy (non-hydrogen) atoms. The number of amides is 4. The number of hydrogen-bond donors (Lipinski definition) is 2. The van der Waals surface area contributed by atoms with Crippen LogP contribution in [-0.2, 0) is 15.8 Å². The number of hydrogen-bond acceptors (Lipinski definition) is 8. The van der Waals surface area contributed by atoms with Gasteiger partial charge in [0.1, 0.15) is 11.4 Å². The van der Waals surface area contributed by atoms with Crippen molar-refractivity contribution in [2.45, 2.75) is 70.0 Å². The van der Waals surface area contributed by atoms with Gasteiger partial charge in [-0.3, -0.25) is 29.2 Å². The number of carbonyl (C=O) groups excluding carboxylic acids is 4. The standard InChI is InChI=1S/C42H48ClF3N8O4/c1-51(18-13-38(56)47-27-55)36-24-29(5-7-33(36)43)40(58)53-21-16-41(17-22-53)14-9-28(10-15-41)25-52-19-11-32(12-20-52)54-26-30-23-31(6-8-34(30)50-54)48-39(57)35-3-2-4-37(49-35)42(44,45)46/h2-8,23-24,26-28,32H,9-22,25H2,1H3,(H,48,57)(H,47,55,56). The van der Waals surface area contributed by atoms with Gasteiger partial charge in [0.25, 0.3) is 11.8 Å². The Labute approximate surface area is 340 Å². The molecule has 1 saturated carbocycles. The molecule has 3 fully saturated rings. The lowest BCUT2D eigenvalue weighted by Crippen LogP contribution is -2.45. The maximum Gasteiger partial charge on any atom is 0.433 e. The van der Waals surface area contributed by atoms with E-state index in [1.807, 2.05) is 20.7 Å². The van der Waals surface area contributed by atoms with E-state index in [-0.39, 0.29) is 35.4 Å².